The standard InChI is InChI=1S/C15H21FN6O2S/c1-2-6-22-15(17-18-19-22)12-20-7-9-21(10-8-20)25(23,24)14-5-3-4-13(16)11-14/h3-5,11H,2,6-10,12H2,1H3. The van der Waals surface area contributed by atoms with Crippen LogP contribution in [0.4, 0.5) is 4.39 Å². The van der Waals surface area contributed by atoms with Crippen molar-refractivity contribution < 1.29 is 12.8 Å². The van der Waals surface area contributed by atoms with Gasteiger partial charge in [-0.1, -0.05) is 13.0 Å². The quantitative estimate of drug-likeness (QED) is 0.747. The summed E-state index contributed by atoms with van der Waals surface area (Å²) in [4.78, 5) is 2.11. The van der Waals surface area contributed by atoms with Crippen LogP contribution in [0.3, 0.4) is 0 Å². The van der Waals surface area contributed by atoms with Gasteiger partial charge in [0.2, 0.25) is 10.0 Å². The molecule has 25 heavy (non-hydrogen) atoms. The lowest BCUT2D eigenvalue weighted by atomic mass is 10.3. The molecule has 136 valence electrons. The Hall–Kier alpha value is -1.91. The summed E-state index contributed by atoms with van der Waals surface area (Å²) in [5.74, 6) is 0.228. The number of sulfonamides is 1. The van der Waals surface area contributed by atoms with Crippen molar-refractivity contribution in [1.82, 2.24) is 29.4 Å². The first-order valence-electron chi connectivity index (χ1n) is 8.24. The molecule has 3 rings (SSSR count). The average Bonchev–Trinajstić information content (AvgIpc) is 3.03. The summed E-state index contributed by atoms with van der Waals surface area (Å²) in [7, 11) is -3.67. The molecule has 0 amide bonds. The highest BCUT2D eigenvalue weighted by Crippen LogP contribution is 2.19. The smallest absolute Gasteiger partial charge is 0.243 e. The van der Waals surface area contributed by atoms with E-state index in [0.717, 1.165) is 24.9 Å². The fourth-order valence-corrected chi connectivity index (χ4v) is 4.28. The molecule has 2 aromatic rings. The van der Waals surface area contributed by atoms with E-state index in [9.17, 15) is 12.8 Å². The zero-order chi connectivity index (χ0) is 17.9. The Labute approximate surface area is 146 Å². The zero-order valence-corrected chi connectivity index (χ0v) is 14.9. The third-order valence-electron chi connectivity index (χ3n) is 4.17. The Bertz CT molecular complexity index is 817. The molecule has 1 aromatic carbocycles. The highest BCUT2D eigenvalue weighted by Gasteiger charge is 2.29. The summed E-state index contributed by atoms with van der Waals surface area (Å²) in [6.45, 7) is 5.27. The summed E-state index contributed by atoms with van der Waals surface area (Å²) >= 11 is 0. The Morgan fingerprint density at radius 2 is 1.96 bits per heavy atom. The number of piperazine rings is 1. The second-order valence-corrected chi connectivity index (χ2v) is 7.89. The number of halogens is 1. The Morgan fingerprint density at radius 1 is 1.20 bits per heavy atom. The van der Waals surface area contributed by atoms with Crippen LogP contribution in [-0.4, -0.2) is 64.0 Å². The largest absolute Gasteiger partial charge is 0.293 e. The number of tetrazole rings is 1. The van der Waals surface area contributed by atoms with Gasteiger partial charge < -0.3 is 0 Å². The number of aromatic nitrogens is 4. The van der Waals surface area contributed by atoms with E-state index >= 15 is 0 Å². The second kappa shape index (κ2) is 7.54. The predicted molar refractivity (Wildman–Crippen MR) is 88.5 cm³/mol. The number of aryl methyl sites for hydroxylation is 1. The minimum absolute atomic E-state index is 0.00663. The highest BCUT2D eigenvalue weighted by atomic mass is 32.2. The third kappa shape index (κ3) is 4.02. The molecular weight excluding hydrogens is 347 g/mol. The summed E-state index contributed by atoms with van der Waals surface area (Å²) in [5, 5.41) is 11.7. The number of hydrogen-bond acceptors (Lipinski definition) is 6. The van der Waals surface area contributed by atoms with Gasteiger partial charge in [-0.15, -0.1) is 5.10 Å². The van der Waals surface area contributed by atoms with Crippen LogP contribution in [0.1, 0.15) is 19.2 Å². The molecule has 1 fully saturated rings. The van der Waals surface area contributed by atoms with Crippen molar-refractivity contribution in [3.8, 4) is 0 Å². The predicted octanol–water partition coefficient (Wildman–Crippen LogP) is 0.729. The average molecular weight is 368 g/mol. The van der Waals surface area contributed by atoms with Gasteiger partial charge >= 0.3 is 0 Å². The van der Waals surface area contributed by atoms with Gasteiger partial charge in [-0.2, -0.15) is 4.31 Å². The van der Waals surface area contributed by atoms with E-state index in [2.05, 4.69) is 27.3 Å². The van der Waals surface area contributed by atoms with Crippen LogP contribution >= 0.6 is 0 Å². The van der Waals surface area contributed by atoms with Gasteiger partial charge in [0.05, 0.1) is 11.4 Å². The molecule has 0 unspecified atom stereocenters. The fraction of sp³-hybridized carbons (Fsp3) is 0.533. The Balaban J connectivity index is 1.62. The molecule has 1 aliphatic rings. The molecule has 8 nitrogen and oxygen atoms in total. The van der Waals surface area contributed by atoms with Crippen molar-refractivity contribution in [3.63, 3.8) is 0 Å². The Morgan fingerprint density at radius 3 is 2.64 bits per heavy atom. The topological polar surface area (TPSA) is 84.2 Å². The molecule has 0 N–H and O–H groups in total. The van der Waals surface area contributed by atoms with Gasteiger partial charge in [0.25, 0.3) is 0 Å². The summed E-state index contributed by atoms with van der Waals surface area (Å²) in [5.41, 5.74) is 0. The van der Waals surface area contributed by atoms with E-state index in [4.69, 9.17) is 0 Å². The first kappa shape index (κ1) is 17.9. The zero-order valence-electron chi connectivity index (χ0n) is 14.0. The lowest BCUT2D eigenvalue weighted by Gasteiger charge is -2.33. The highest BCUT2D eigenvalue weighted by molar-refractivity contribution is 7.89. The molecule has 0 aliphatic carbocycles. The van der Waals surface area contributed by atoms with Crippen molar-refractivity contribution in [1.29, 1.82) is 0 Å². The molecular formula is C15H21FN6O2S. The molecule has 0 saturated carbocycles. The van der Waals surface area contributed by atoms with Gasteiger partial charge in [-0.25, -0.2) is 17.5 Å². The van der Waals surface area contributed by atoms with E-state index in [-0.39, 0.29) is 4.90 Å². The van der Waals surface area contributed by atoms with Gasteiger partial charge in [-0.05, 0) is 35.0 Å². The van der Waals surface area contributed by atoms with E-state index in [1.807, 2.05) is 0 Å². The van der Waals surface area contributed by atoms with Crippen LogP contribution in [0, 0.1) is 5.82 Å². The lowest BCUT2D eigenvalue weighted by molar-refractivity contribution is 0.175. The van der Waals surface area contributed by atoms with Crippen molar-refractivity contribution in [2.24, 2.45) is 0 Å². The maximum absolute atomic E-state index is 13.3. The maximum Gasteiger partial charge on any atom is 0.243 e. The Kier molecular flexibility index (Phi) is 5.40. The summed E-state index contributed by atoms with van der Waals surface area (Å²) in [6.07, 6.45) is 0.942. The van der Waals surface area contributed by atoms with Crippen LogP contribution in [0.5, 0.6) is 0 Å². The fourth-order valence-electron chi connectivity index (χ4n) is 2.83. The minimum atomic E-state index is -3.67. The number of benzene rings is 1. The minimum Gasteiger partial charge on any atom is -0.293 e. The number of nitrogens with zero attached hydrogens (tertiary/aromatic N) is 6. The molecule has 1 aliphatic heterocycles. The van der Waals surface area contributed by atoms with Gasteiger partial charge in [0.15, 0.2) is 5.82 Å². The first-order valence-corrected chi connectivity index (χ1v) is 9.68. The van der Waals surface area contributed by atoms with E-state index in [1.54, 1.807) is 4.68 Å². The molecule has 0 radical (unpaired) electrons. The van der Waals surface area contributed by atoms with Crippen LogP contribution in [0.2, 0.25) is 0 Å². The van der Waals surface area contributed by atoms with E-state index in [1.165, 1.54) is 22.5 Å². The molecule has 10 heteroatoms. The van der Waals surface area contributed by atoms with Crippen molar-refractivity contribution in [2.75, 3.05) is 26.2 Å². The SMILES string of the molecule is CCCn1nnnc1CN1CCN(S(=O)(=O)c2cccc(F)c2)CC1. The van der Waals surface area contributed by atoms with Crippen LogP contribution < -0.4 is 0 Å². The van der Waals surface area contributed by atoms with Crippen LogP contribution in [0.15, 0.2) is 29.2 Å². The van der Waals surface area contributed by atoms with Crippen molar-refractivity contribution in [3.05, 3.63) is 35.9 Å². The molecule has 0 bridgehead atoms. The van der Waals surface area contributed by atoms with Crippen LogP contribution in [-0.2, 0) is 23.1 Å². The van der Waals surface area contributed by atoms with Crippen molar-refractivity contribution >= 4 is 10.0 Å². The van der Waals surface area contributed by atoms with Crippen LogP contribution in [0.25, 0.3) is 0 Å². The monoisotopic (exact) mass is 368 g/mol. The third-order valence-corrected chi connectivity index (χ3v) is 6.07. The molecule has 0 atom stereocenters. The molecule has 1 saturated heterocycles. The first-order chi connectivity index (χ1) is 12.0. The normalized spacial score (nSPS) is 17.0. The molecule has 0 spiro atoms. The van der Waals surface area contributed by atoms with Gasteiger partial charge in [0, 0.05) is 32.7 Å². The lowest BCUT2D eigenvalue weighted by Crippen LogP contribution is -2.48. The maximum atomic E-state index is 13.3. The van der Waals surface area contributed by atoms with E-state index < -0.39 is 15.8 Å². The molecule has 2 heterocycles. The number of hydrogen-bond donors (Lipinski definition) is 0. The van der Waals surface area contributed by atoms with Gasteiger partial charge in [-0.3, -0.25) is 4.90 Å². The summed E-state index contributed by atoms with van der Waals surface area (Å²) in [6, 6.07) is 5.12. The number of rotatable bonds is 6. The van der Waals surface area contributed by atoms with Crippen molar-refractivity contribution in [2.45, 2.75) is 31.3 Å². The summed E-state index contributed by atoms with van der Waals surface area (Å²) < 4.78 is 41.7. The van der Waals surface area contributed by atoms with Gasteiger partial charge in [0.1, 0.15) is 5.82 Å². The second-order valence-electron chi connectivity index (χ2n) is 5.96. The van der Waals surface area contributed by atoms with E-state index in [0.29, 0.717) is 32.7 Å². The molecule has 1 aromatic heterocycles.